The van der Waals surface area contributed by atoms with Gasteiger partial charge in [0.1, 0.15) is 6.54 Å². The van der Waals surface area contributed by atoms with Crippen LogP contribution in [0.15, 0.2) is 23.2 Å². The van der Waals surface area contributed by atoms with E-state index in [0.717, 1.165) is 24.5 Å². The largest absolute Gasteiger partial charge is 1.00 e. The van der Waals surface area contributed by atoms with Crippen LogP contribution in [0.1, 0.15) is 36.8 Å². The molecular weight excluding hydrogens is 286 g/mol. The maximum atomic E-state index is 12.1. The molecule has 1 aromatic rings. The van der Waals surface area contributed by atoms with Crippen molar-refractivity contribution < 1.29 is 17.2 Å². The highest BCUT2D eigenvalue weighted by Gasteiger charge is 2.34. The van der Waals surface area contributed by atoms with Gasteiger partial charge < -0.3 is 17.7 Å². The lowest BCUT2D eigenvalue weighted by molar-refractivity contribution is -0.126. The molecule has 1 N–H and O–H groups in total. The van der Waals surface area contributed by atoms with E-state index in [9.17, 15) is 4.79 Å². The molecule has 1 aromatic carbocycles. The first-order chi connectivity index (χ1) is 9.65. The van der Waals surface area contributed by atoms with Crippen LogP contribution in [0.5, 0.6) is 0 Å². The Morgan fingerprint density at radius 3 is 2.62 bits per heavy atom. The number of hydrogen-bond acceptors (Lipinski definition) is 3. The molecule has 1 aliphatic heterocycles. The number of benzene rings is 1. The van der Waals surface area contributed by atoms with Gasteiger partial charge in [0.2, 0.25) is 5.96 Å². The van der Waals surface area contributed by atoms with Gasteiger partial charge in [-0.15, -0.1) is 0 Å². The first kappa shape index (κ1) is 15.8. The summed E-state index contributed by atoms with van der Waals surface area (Å²) in [5.41, 5.74) is 3.45. The summed E-state index contributed by atoms with van der Waals surface area (Å²) >= 11 is 0. The van der Waals surface area contributed by atoms with Gasteiger partial charge in [0, 0.05) is 11.7 Å². The number of amides is 1. The normalized spacial score (nSPS) is 18.7. The molecule has 21 heavy (non-hydrogen) atoms. The molecule has 1 saturated carbocycles. The predicted molar refractivity (Wildman–Crippen MR) is 80.9 cm³/mol. The maximum absolute atomic E-state index is 12.1. The van der Waals surface area contributed by atoms with Crippen LogP contribution in [0.2, 0.25) is 0 Å². The molecule has 0 atom stereocenters. The monoisotopic (exact) mass is 306 g/mol. The topological polar surface area (TPSA) is 44.7 Å². The van der Waals surface area contributed by atoms with E-state index in [1.54, 1.807) is 0 Å². The van der Waals surface area contributed by atoms with Gasteiger partial charge in [-0.2, -0.15) is 0 Å². The minimum absolute atomic E-state index is 0. The first-order valence-corrected chi connectivity index (χ1v) is 7.36. The lowest BCUT2D eigenvalue weighted by Crippen LogP contribution is -3.00. The van der Waals surface area contributed by atoms with Crippen LogP contribution in [0.25, 0.3) is 0 Å². The van der Waals surface area contributed by atoms with Gasteiger partial charge >= 0.3 is 0 Å². The van der Waals surface area contributed by atoms with Crippen molar-refractivity contribution in [2.45, 2.75) is 45.6 Å². The zero-order valence-electron chi connectivity index (χ0n) is 12.5. The van der Waals surface area contributed by atoms with E-state index < -0.39 is 0 Å². The number of aryl methyl sites for hydroxylation is 2. The molecule has 3 rings (SSSR count). The van der Waals surface area contributed by atoms with Gasteiger partial charge in [-0.05, 0) is 38.3 Å². The summed E-state index contributed by atoms with van der Waals surface area (Å²) in [7, 11) is 0. The molecule has 1 amide bonds. The lowest BCUT2D eigenvalue weighted by atomic mass is 10.1. The number of halogens is 1. The second kappa shape index (κ2) is 6.48. The van der Waals surface area contributed by atoms with E-state index in [2.05, 4.69) is 42.4 Å². The van der Waals surface area contributed by atoms with Gasteiger partial charge in [-0.25, -0.2) is 4.99 Å². The van der Waals surface area contributed by atoms with Crippen LogP contribution < -0.4 is 17.7 Å². The number of hydrogen-bond donors (Lipinski definition) is 1. The highest BCUT2D eigenvalue weighted by Crippen LogP contribution is 2.26. The SMILES string of the molecule is Cc1ccc(NC2=NCC(=O)N2C2CCCC2)c(C)c1.[Cl-]. The smallest absolute Gasteiger partial charge is 0.251 e. The number of carbonyl (C=O) groups is 1. The molecule has 114 valence electrons. The molecule has 5 heteroatoms. The molecular formula is C16H21ClN3O-. The van der Waals surface area contributed by atoms with Crippen molar-refractivity contribution >= 4 is 17.6 Å². The minimum Gasteiger partial charge on any atom is -1.00 e. The second-order valence-electron chi connectivity index (χ2n) is 5.79. The Morgan fingerprint density at radius 2 is 1.95 bits per heavy atom. The van der Waals surface area contributed by atoms with Gasteiger partial charge in [0.25, 0.3) is 5.91 Å². The fourth-order valence-corrected chi connectivity index (χ4v) is 3.13. The number of rotatable bonds is 2. The Hall–Kier alpha value is -1.55. The molecule has 0 spiro atoms. The number of anilines is 1. The fourth-order valence-electron chi connectivity index (χ4n) is 3.13. The summed E-state index contributed by atoms with van der Waals surface area (Å²) < 4.78 is 0. The summed E-state index contributed by atoms with van der Waals surface area (Å²) in [5, 5.41) is 3.35. The third-order valence-electron chi connectivity index (χ3n) is 4.18. The summed E-state index contributed by atoms with van der Waals surface area (Å²) in [5.74, 6) is 0.859. The molecule has 0 radical (unpaired) electrons. The van der Waals surface area contributed by atoms with Crippen molar-refractivity contribution in [1.29, 1.82) is 0 Å². The highest BCUT2D eigenvalue weighted by molar-refractivity contribution is 6.09. The number of aliphatic imine (C=N–C) groups is 1. The molecule has 1 aliphatic carbocycles. The van der Waals surface area contributed by atoms with Crippen LogP contribution >= 0.6 is 0 Å². The van der Waals surface area contributed by atoms with E-state index in [1.807, 2.05) is 4.90 Å². The van der Waals surface area contributed by atoms with Crippen LogP contribution in [-0.2, 0) is 4.79 Å². The summed E-state index contributed by atoms with van der Waals surface area (Å²) in [6.07, 6.45) is 4.62. The minimum atomic E-state index is 0. The van der Waals surface area contributed by atoms with Gasteiger partial charge in [0.15, 0.2) is 0 Å². The molecule has 0 bridgehead atoms. The van der Waals surface area contributed by atoms with Crippen LogP contribution in [0.3, 0.4) is 0 Å². The lowest BCUT2D eigenvalue weighted by Gasteiger charge is -2.26. The average Bonchev–Trinajstić information content (AvgIpc) is 3.02. The van der Waals surface area contributed by atoms with Crippen LogP contribution in [0.4, 0.5) is 5.69 Å². The summed E-state index contributed by atoms with van der Waals surface area (Å²) in [6, 6.07) is 6.61. The molecule has 0 unspecified atom stereocenters. The van der Waals surface area contributed by atoms with E-state index in [-0.39, 0.29) is 24.9 Å². The molecule has 0 aromatic heterocycles. The van der Waals surface area contributed by atoms with Gasteiger partial charge in [-0.1, -0.05) is 30.5 Å². The number of nitrogens with zero attached hydrogens (tertiary/aromatic N) is 2. The zero-order chi connectivity index (χ0) is 14.1. The van der Waals surface area contributed by atoms with Crippen molar-refractivity contribution in [2.75, 3.05) is 11.9 Å². The Bertz CT molecular complexity index is 565. The number of guanidine groups is 1. The second-order valence-corrected chi connectivity index (χ2v) is 5.79. The molecule has 0 saturated heterocycles. The molecule has 1 fully saturated rings. The Labute approximate surface area is 132 Å². The van der Waals surface area contributed by atoms with Crippen molar-refractivity contribution in [3.63, 3.8) is 0 Å². The van der Waals surface area contributed by atoms with Crippen molar-refractivity contribution in [3.05, 3.63) is 29.3 Å². The standard InChI is InChI=1S/C16H21N3O.ClH/c1-11-7-8-14(12(2)9-11)18-16-17-10-15(20)19(16)13-5-3-4-6-13;/h7-9,13H,3-6,10H2,1-2H3,(H,17,18);1H/p-1. The van der Waals surface area contributed by atoms with Crippen molar-refractivity contribution in [1.82, 2.24) is 4.90 Å². The predicted octanol–water partition coefficient (Wildman–Crippen LogP) is -0.140. The van der Waals surface area contributed by atoms with Crippen LogP contribution in [-0.4, -0.2) is 29.4 Å². The molecule has 1 heterocycles. The third-order valence-corrected chi connectivity index (χ3v) is 4.18. The van der Waals surface area contributed by atoms with Gasteiger partial charge in [-0.3, -0.25) is 9.69 Å². The summed E-state index contributed by atoms with van der Waals surface area (Å²) in [4.78, 5) is 18.3. The molecule has 2 aliphatic rings. The van der Waals surface area contributed by atoms with Crippen LogP contribution in [0, 0.1) is 13.8 Å². The van der Waals surface area contributed by atoms with Crippen molar-refractivity contribution in [3.8, 4) is 0 Å². The Morgan fingerprint density at radius 1 is 1.24 bits per heavy atom. The van der Waals surface area contributed by atoms with E-state index in [4.69, 9.17) is 0 Å². The van der Waals surface area contributed by atoms with E-state index in [0.29, 0.717) is 6.04 Å². The first-order valence-electron chi connectivity index (χ1n) is 7.36. The van der Waals surface area contributed by atoms with Gasteiger partial charge in [0.05, 0.1) is 0 Å². The fraction of sp³-hybridized carbons (Fsp3) is 0.500. The Kier molecular flexibility index (Phi) is 4.88. The summed E-state index contributed by atoms with van der Waals surface area (Å²) in [6.45, 7) is 4.44. The maximum Gasteiger partial charge on any atom is 0.251 e. The number of carbonyl (C=O) groups excluding carboxylic acids is 1. The number of nitrogens with one attached hydrogen (secondary N) is 1. The quantitative estimate of drug-likeness (QED) is 0.827. The van der Waals surface area contributed by atoms with Crippen molar-refractivity contribution in [2.24, 2.45) is 4.99 Å². The Balaban J connectivity index is 0.00000161. The average molecular weight is 307 g/mol. The van der Waals surface area contributed by atoms with E-state index >= 15 is 0 Å². The molecule has 4 nitrogen and oxygen atoms in total. The highest BCUT2D eigenvalue weighted by atomic mass is 35.5. The zero-order valence-corrected chi connectivity index (χ0v) is 13.3. The van der Waals surface area contributed by atoms with E-state index in [1.165, 1.54) is 24.0 Å². The third kappa shape index (κ3) is 3.21.